The molecular weight excluding hydrogens is 270 g/mol. The Morgan fingerprint density at radius 1 is 1.29 bits per heavy atom. The zero-order chi connectivity index (χ0) is 15.2. The number of hydrogen-bond donors (Lipinski definition) is 1. The van der Waals surface area contributed by atoms with Crippen molar-refractivity contribution in [3.8, 4) is 0 Å². The van der Waals surface area contributed by atoms with Crippen molar-refractivity contribution in [2.75, 3.05) is 11.9 Å². The van der Waals surface area contributed by atoms with Crippen LogP contribution in [0.15, 0.2) is 40.8 Å². The van der Waals surface area contributed by atoms with Gasteiger partial charge in [0.25, 0.3) is 5.91 Å². The smallest absolute Gasteiger partial charge is 0.263 e. The van der Waals surface area contributed by atoms with E-state index >= 15 is 0 Å². The lowest BCUT2D eigenvalue weighted by Crippen LogP contribution is -2.40. The van der Waals surface area contributed by atoms with Crippen LogP contribution in [0.5, 0.6) is 0 Å². The van der Waals surface area contributed by atoms with E-state index in [-0.39, 0.29) is 12.2 Å². The van der Waals surface area contributed by atoms with Crippen molar-refractivity contribution in [3.05, 3.63) is 53.5 Å². The van der Waals surface area contributed by atoms with E-state index in [0.29, 0.717) is 17.0 Å². The summed E-state index contributed by atoms with van der Waals surface area (Å²) >= 11 is 0. The highest BCUT2D eigenvalue weighted by molar-refractivity contribution is 6.10. The number of nitrogens with zero attached hydrogens (tertiary/aromatic N) is 1. The molecule has 1 atom stereocenters. The molecule has 3 rings (SSSR count). The maximum Gasteiger partial charge on any atom is 0.263 e. The summed E-state index contributed by atoms with van der Waals surface area (Å²) in [6.07, 6.45) is -0.333. The van der Waals surface area contributed by atoms with Gasteiger partial charge in [-0.05, 0) is 25.1 Å². The summed E-state index contributed by atoms with van der Waals surface area (Å²) in [4.78, 5) is 26.0. The molecule has 108 valence electrons. The number of carbonyl (C=O) groups excluding carboxylic acids is 2. The lowest BCUT2D eigenvalue weighted by molar-refractivity contribution is -0.135. The first kappa shape index (κ1) is 13.6. The first-order chi connectivity index (χ1) is 9.93. The van der Waals surface area contributed by atoms with Crippen molar-refractivity contribution in [1.29, 1.82) is 0 Å². The molecule has 1 aromatic heterocycles. The molecule has 0 aliphatic carbocycles. The first-order valence-electron chi connectivity index (χ1n) is 6.63. The third-order valence-electron chi connectivity index (χ3n) is 3.80. The van der Waals surface area contributed by atoms with Crippen LogP contribution < -0.4 is 4.90 Å². The van der Waals surface area contributed by atoms with E-state index < -0.39 is 17.3 Å². The van der Waals surface area contributed by atoms with Gasteiger partial charge in [-0.2, -0.15) is 0 Å². The van der Waals surface area contributed by atoms with E-state index in [9.17, 15) is 14.7 Å². The van der Waals surface area contributed by atoms with Gasteiger partial charge in [-0.15, -0.1) is 0 Å². The van der Waals surface area contributed by atoms with E-state index in [2.05, 4.69) is 0 Å². The fourth-order valence-corrected chi connectivity index (χ4v) is 2.69. The number of ketones is 1. The number of amides is 1. The van der Waals surface area contributed by atoms with E-state index in [4.69, 9.17) is 4.42 Å². The SMILES string of the molecule is Cc1ccc(C(=O)C[C@]2(O)C(=O)N(C)c3ccccc32)o1. The molecule has 0 radical (unpaired) electrons. The summed E-state index contributed by atoms with van der Waals surface area (Å²) in [5.74, 6) is -0.134. The van der Waals surface area contributed by atoms with E-state index in [1.165, 1.54) is 4.90 Å². The van der Waals surface area contributed by atoms with Gasteiger partial charge in [-0.25, -0.2) is 0 Å². The van der Waals surface area contributed by atoms with Crippen LogP contribution in [-0.4, -0.2) is 23.8 Å². The molecule has 0 bridgehead atoms. The van der Waals surface area contributed by atoms with E-state index in [1.54, 1.807) is 50.4 Å². The number of hydrogen-bond acceptors (Lipinski definition) is 4. The highest BCUT2D eigenvalue weighted by atomic mass is 16.3. The van der Waals surface area contributed by atoms with Crippen LogP contribution in [0.2, 0.25) is 0 Å². The van der Waals surface area contributed by atoms with Crippen LogP contribution in [0.4, 0.5) is 5.69 Å². The van der Waals surface area contributed by atoms with Crippen molar-refractivity contribution < 1.29 is 19.1 Å². The molecule has 1 amide bonds. The molecule has 0 spiro atoms. The molecule has 5 nitrogen and oxygen atoms in total. The molecule has 1 aliphatic heterocycles. The lowest BCUT2D eigenvalue weighted by Gasteiger charge is -2.20. The second-order valence-corrected chi connectivity index (χ2v) is 5.25. The number of furan rings is 1. The van der Waals surface area contributed by atoms with Gasteiger partial charge in [-0.3, -0.25) is 9.59 Å². The number of rotatable bonds is 3. The number of likely N-dealkylation sites (N-methyl/N-ethyl adjacent to an activating group) is 1. The third-order valence-corrected chi connectivity index (χ3v) is 3.80. The number of anilines is 1. The summed E-state index contributed by atoms with van der Waals surface area (Å²) in [5.41, 5.74) is -0.758. The minimum atomic E-state index is -1.83. The first-order valence-corrected chi connectivity index (χ1v) is 6.63. The lowest BCUT2D eigenvalue weighted by atomic mass is 9.89. The normalized spacial score (nSPS) is 20.7. The number of fused-ring (bicyclic) bond motifs is 1. The standard InChI is InChI=1S/C16H15NO4/c1-10-7-8-14(21-10)13(18)9-16(20)11-5-3-4-6-12(11)17(2)15(16)19/h3-8,20H,9H2,1-2H3/t16-/m1/s1. The highest BCUT2D eigenvalue weighted by Gasteiger charge is 2.49. The molecule has 0 unspecified atom stereocenters. The number of aliphatic hydroxyl groups is 1. The monoisotopic (exact) mass is 285 g/mol. The number of benzene rings is 1. The predicted octanol–water partition coefficient (Wildman–Crippen LogP) is 2.03. The fraction of sp³-hybridized carbons (Fsp3) is 0.250. The second kappa shape index (κ2) is 4.56. The molecule has 2 aromatic rings. The maximum atomic E-state index is 12.3. The van der Waals surface area contributed by atoms with Gasteiger partial charge in [-0.1, -0.05) is 18.2 Å². The Kier molecular flexibility index (Phi) is 2.95. The zero-order valence-electron chi connectivity index (χ0n) is 11.8. The van der Waals surface area contributed by atoms with Crippen LogP contribution in [0.25, 0.3) is 0 Å². The van der Waals surface area contributed by atoms with E-state index in [0.717, 1.165) is 0 Å². The number of para-hydroxylation sites is 1. The Morgan fingerprint density at radius 2 is 2.00 bits per heavy atom. The Hall–Kier alpha value is -2.40. The van der Waals surface area contributed by atoms with Gasteiger partial charge in [0.15, 0.2) is 11.4 Å². The maximum absolute atomic E-state index is 12.3. The molecular formula is C16H15NO4. The quantitative estimate of drug-likeness (QED) is 0.876. The Balaban J connectivity index is 1.97. The fourth-order valence-electron chi connectivity index (χ4n) is 2.69. The van der Waals surface area contributed by atoms with Gasteiger partial charge in [0, 0.05) is 12.6 Å². The van der Waals surface area contributed by atoms with Gasteiger partial charge < -0.3 is 14.4 Å². The number of Topliss-reactive ketones (excluding diaryl/α,β-unsaturated/α-hetero) is 1. The van der Waals surface area contributed by atoms with Crippen LogP contribution in [-0.2, 0) is 10.4 Å². The summed E-state index contributed by atoms with van der Waals surface area (Å²) in [6.45, 7) is 1.73. The summed E-state index contributed by atoms with van der Waals surface area (Å²) in [6, 6.07) is 10.2. The summed E-state index contributed by atoms with van der Waals surface area (Å²) < 4.78 is 5.27. The Labute approximate surface area is 121 Å². The molecule has 1 aliphatic rings. The molecule has 0 saturated carbocycles. The third kappa shape index (κ3) is 1.97. The summed E-state index contributed by atoms with van der Waals surface area (Å²) in [5, 5.41) is 10.8. The second-order valence-electron chi connectivity index (χ2n) is 5.25. The van der Waals surface area contributed by atoms with E-state index in [1.807, 2.05) is 0 Å². The Bertz CT molecular complexity index is 733. The topological polar surface area (TPSA) is 70.8 Å². The van der Waals surface area contributed by atoms with Crippen LogP contribution >= 0.6 is 0 Å². The van der Waals surface area contributed by atoms with Crippen molar-refractivity contribution >= 4 is 17.4 Å². The number of aryl methyl sites for hydroxylation is 1. The molecule has 0 saturated heterocycles. The minimum absolute atomic E-state index is 0.153. The van der Waals surface area contributed by atoms with Crippen molar-refractivity contribution in [2.45, 2.75) is 18.9 Å². The van der Waals surface area contributed by atoms with Crippen molar-refractivity contribution in [3.63, 3.8) is 0 Å². The van der Waals surface area contributed by atoms with Crippen molar-refractivity contribution in [2.24, 2.45) is 0 Å². The summed E-state index contributed by atoms with van der Waals surface area (Å²) in [7, 11) is 1.58. The van der Waals surface area contributed by atoms with Gasteiger partial charge in [0.2, 0.25) is 5.78 Å². The molecule has 5 heteroatoms. The van der Waals surface area contributed by atoms with Crippen LogP contribution in [0.1, 0.15) is 28.3 Å². The largest absolute Gasteiger partial charge is 0.458 e. The predicted molar refractivity (Wildman–Crippen MR) is 76.1 cm³/mol. The molecule has 1 N–H and O–H groups in total. The van der Waals surface area contributed by atoms with Crippen LogP contribution in [0, 0.1) is 6.92 Å². The van der Waals surface area contributed by atoms with Crippen LogP contribution in [0.3, 0.4) is 0 Å². The Morgan fingerprint density at radius 3 is 2.67 bits per heavy atom. The molecule has 21 heavy (non-hydrogen) atoms. The van der Waals surface area contributed by atoms with Crippen molar-refractivity contribution in [1.82, 2.24) is 0 Å². The average Bonchev–Trinajstić information content (AvgIpc) is 2.98. The average molecular weight is 285 g/mol. The zero-order valence-corrected chi connectivity index (χ0v) is 11.8. The molecule has 2 heterocycles. The minimum Gasteiger partial charge on any atom is -0.458 e. The van der Waals surface area contributed by atoms with Gasteiger partial charge >= 0.3 is 0 Å². The number of carbonyl (C=O) groups is 2. The molecule has 1 aromatic carbocycles. The molecule has 0 fully saturated rings. The highest BCUT2D eigenvalue weighted by Crippen LogP contribution is 2.41. The van der Waals surface area contributed by atoms with Gasteiger partial charge in [0.1, 0.15) is 5.76 Å². The van der Waals surface area contributed by atoms with Gasteiger partial charge in [0.05, 0.1) is 12.1 Å².